The van der Waals surface area contributed by atoms with Crippen LogP contribution < -0.4 is 4.90 Å². The van der Waals surface area contributed by atoms with Crippen LogP contribution in [0, 0.1) is 0 Å². The van der Waals surface area contributed by atoms with E-state index in [0.717, 1.165) is 33.9 Å². The first kappa shape index (κ1) is 12.8. The fourth-order valence-corrected chi connectivity index (χ4v) is 2.84. The van der Waals surface area contributed by atoms with Crippen molar-refractivity contribution in [1.29, 1.82) is 0 Å². The Morgan fingerprint density at radius 2 is 1.59 bits per heavy atom. The van der Waals surface area contributed by atoms with E-state index >= 15 is 0 Å². The van der Waals surface area contributed by atoms with E-state index in [1.807, 2.05) is 30.5 Å². The molecule has 2 aromatic carbocycles. The number of hydrogen-bond acceptors (Lipinski definition) is 3. The third kappa shape index (κ3) is 1.99. The maximum absolute atomic E-state index is 4.91. The van der Waals surface area contributed by atoms with E-state index in [-0.39, 0.29) is 0 Å². The molecule has 0 bridgehead atoms. The number of aromatic nitrogens is 1. The van der Waals surface area contributed by atoms with Gasteiger partial charge in [-0.05, 0) is 12.1 Å². The first-order valence-corrected chi connectivity index (χ1v) is 7.26. The standard InChI is InChI=1S/C19H15N3/c1-22-17-10-6-5-9-15(17)19(14-7-3-2-4-8-14)21-16-13-20-12-11-18(16)22/h2-13H,1H3. The van der Waals surface area contributed by atoms with Gasteiger partial charge in [0.25, 0.3) is 0 Å². The SMILES string of the molecule is CN1c2ccncc2N=C(c2ccccc2)c2ccccc21. The van der Waals surface area contributed by atoms with Gasteiger partial charge in [-0.15, -0.1) is 0 Å². The Labute approximate surface area is 129 Å². The molecule has 0 aliphatic carbocycles. The van der Waals surface area contributed by atoms with Crippen molar-refractivity contribution >= 4 is 22.8 Å². The largest absolute Gasteiger partial charge is 0.342 e. The second kappa shape index (κ2) is 5.11. The van der Waals surface area contributed by atoms with E-state index in [1.54, 1.807) is 6.20 Å². The average molecular weight is 285 g/mol. The van der Waals surface area contributed by atoms with E-state index in [1.165, 1.54) is 0 Å². The van der Waals surface area contributed by atoms with Crippen LogP contribution in [-0.2, 0) is 0 Å². The van der Waals surface area contributed by atoms with Crippen molar-refractivity contribution < 1.29 is 0 Å². The molecule has 4 rings (SSSR count). The first-order chi connectivity index (χ1) is 10.8. The van der Waals surface area contributed by atoms with E-state index in [2.05, 4.69) is 53.3 Å². The normalized spacial score (nSPS) is 13.0. The van der Waals surface area contributed by atoms with Crippen LogP contribution >= 0.6 is 0 Å². The molecule has 106 valence electrons. The summed E-state index contributed by atoms with van der Waals surface area (Å²) in [6, 6.07) is 20.7. The summed E-state index contributed by atoms with van der Waals surface area (Å²) < 4.78 is 0. The molecule has 2 heterocycles. The molecule has 22 heavy (non-hydrogen) atoms. The quantitative estimate of drug-likeness (QED) is 0.665. The zero-order valence-electron chi connectivity index (χ0n) is 12.3. The number of fused-ring (bicyclic) bond motifs is 2. The lowest BCUT2D eigenvalue weighted by Crippen LogP contribution is -2.12. The van der Waals surface area contributed by atoms with Gasteiger partial charge < -0.3 is 4.90 Å². The van der Waals surface area contributed by atoms with E-state index in [4.69, 9.17) is 4.99 Å². The summed E-state index contributed by atoms with van der Waals surface area (Å²) in [6.45, 7) is 0. The Balaban J connectivity index is 2.04. The Morgan fingerprint density at radius 1 is 0.818 bits per heavy atom. The van der Waals surface area contributed by atoms with Crippen LogP contribution in [0.2, 0.25) is 0 Å². The fourth-order valence-electron chi connectivity index (χ4n) is 2.84. The van der Waals surface area contributed by atoms with Crippen LogP contribution in [0.3, 0.4) is 0 Å². The number of anilines is 2. The van der Waals surface area contributed by atoms with Gasteiger partial charge >= 0.3 is 0 Å². The summed E-state index contributed by atoms with van der Waals surface area (Å²) in [5.41, 5.74) is 6.32. The molecule has 3 heteroatoms. The van der Waals surface area contributed by atoms with Crippen LogP contribution in [0.4, 0.5) is 17.1 Å². The summed E-state index contributed by atoms with van der Waals surface area (Å²) in [7, 11) is 2.07. The van der Waals surface area contributed by atoms with Crippen molar-refractivity contribution in [2.45, 2.75) is 0 Å². The highest BCUT2D eigenvalue weighted by molar-refractivity contribution is 6.18. The zero-order valence-corrected chi connectivity index (χ0v) is 12.3. The van der Waals surface area contributed by atoms with Crippen molar-refractivity contribution in [2.24, 2.45) is 4.99 Å². The number of para-hydroxylation sites is 1. The molecule has 3 aromatic rings. The predicted molar refractivity (Wildman–Crippen MR) is 90.5 cm³/mol. The smallest absolute Gasteiger partial charge is 0.106 e. The number of hydrogen-bond donors (Lipinski definition) is 0. The lowest BCUT2D eigenvalue weighted by atomic mass is 10.0. The van der Waals surface area contributed by atoms with Gasteiger partial charge in [-0.2, -0.15) is 0 Å². The van der Waals surface area contributed by atoms with Crippen LogP contribution in [0.1, 0.15) is 11.1 Å². The molecule has 1 aliphatic heterocycles. The van der Waals surface area contributed by atoms with Crippen molar-refractivity contribution in [3.63, 3.8) is 0 Å². The van der Waals surface area contributed by atoms with Gasteiger partial charge in [0.15, 0.2) is 0 Å². The second-order valence-electron chi connectivity index (χ2n) is 5.27. The highest BCUT2D eigenvalue weighted by atomic mass is 15.1. The van der Waals surface area contributed by atoms with E-state index in [9.17, 15) is 0 Å². The molecule has 0 radical (unpaired) electrons. The van der Waals surface area contributed by atoms with E-state index < -0.39 is 0 Å². The molecule has 0 atom stereocenters. The Morgan fingerprint density at radius 3 is 2.45 bits per heavy atom. The monoisotopic (exact) mass is 285 g/mol. The molecule has 0 amide bonds. The minimum atomic E-state index is 0.889. The lowest BCUT2D eigenvalue weighted by molar-refractivity contribution is 1.19. The molecular formula is C19H15N3. The van der Waals surface area contributed by atoms with Crippen LogP contribution in [0.25, 0.3) is 0 Å². The summed E-state index contributed by atoms with van der Waals surface area (Å²) in [5.74, 6) is 0. The Bertz CT molecular complexity index is 853. The minimum Gasteiger partial charge on any atom is -0.342 e. The maximum Gasteiger partial charge on any atom is 0.106 e. The van der Waals surface area contributed by atoms with Crippen molar-refractivity contribution in [2.75, 3.05) is 11.9 Å². The summed E-state index contributed by atoms with van der Waals surface area (Å²) >= 11 is 0. The molecule has 0 unspecified atom stereocenters. The second-order valence-corrected chi connectivity index (χ2v) is 5.27. The van der Waals surface area contributed by atoms with Gasteiger partial charge in [0.1, 0.15) is 5.69 Å². The highest BCUT2D eigenvalue weighted by Crippen LogP contribution is 2.38. The minimum absolute atomic E-state index is 0.889. The Hall–Kier alpha value is -2.94. The summed E-state index contributed by atoms with van der Waals surface area (Å²) in [6.07, 6.45) is 3.63. The average Bonchev–Trinajstić information content (AvgIpc) is 2.72. The third-order valence-electron chi connectivity index (χ3n) is 3.94. The number of aliphatic imine (C=N–C) groups is 1. The highest BCUT2D eigenvalue weighted by Gasteiger charge is 2.20. The van der Waals surface area contributed by atoms with Gasteiger partial charge in [0.05, 0.1) is 23.3 Å². The molecule has 0 N–H and O–H groups in total. The fraction of sp³-hybridized carbons (Fsp3) is 0.0526. The molecular weight excluding hydrogens is 270 g/mol. The van der Waals surface area contributed by atoms with Crippen LogP contribution in [0.5, 0.6) is 0 Å². The summed E-state index contributed by atoms with van der Waals surface area (Å²) in [5, 5.41) is 0. The van der Waals surface area contributed by atoms with Gasteiger partial charge in [-0.3, -0.25) is 4.98 Å². The van der Waals surface area contributed by atoms with Gasteiger partial charge in [0, 0.05) is 24.4 Å². The summed E-state index contributed by atoms with van der Waals surface area (Å²) in [4.78, 5) is 11.3. The molecule has 0 fully saturated rings. The van der Waals surface area contributed by atoms with E-state index in [0.29, 0.717) is 0 Å². The van der Waals surface area contributed by atoms with Crippen LogP contribution in [0.15, 0.2) is 78.0 Å². The first-order valence-electron chi connectivity index (χ1n) is 7.26. The van der Waals surface area contributed by atoms with Gasteiger partial charge in [-0.25, -0.2) is 4.99 Å². The molecule has 0 saturated carbocycles. The Kier molecular flexibility index (Phi) is 2.97. The van der Waals surface area contributed by atoms with Crippen molar-refractivity contribution in [1.82, 2.24) is 4.98 Å². The van der Waals surface area contributed by atoms with Crippen molar-refractivity contribution in [3.05, 3.63) is 84.2 Å². The number of rotatable bonds is 1. The molecule has 0 saturated heterocycles. The number of pyridine rings is 1. The molecule has 1 aliphatic rings. The van der Waals surface area contributed by atoms with Crippen molar-refractivity contribution in [3.8, 4) is 0 Å². The molecule has 0 spiro atoms. The molecule has 3 nitrogen and oxygen atoms in total. The zero-order chi connectivity index (χ0) is 14.9. The van der Waals surface area contributed by atoms with Gasteiger partial charge in [0.2, 0.25) is 0 Å². The molecule has 1 aromatic heterocycles. The number of nitrogens with zero attached hydrogens (tertiary/aromatic N) is 3. The lowest BCUT2D eigenvalue weighted by Gasteiger charge is -2.21. The van der Waals surface area contributed by atoms with Gasteiger partial charge in [-0.1, -0.05) is 48.5 Å². The van der Waals surface area contributed by atoms with Crippen LogP contribution in [-0.4, -0.2) is 17.7 Å². The predicted octanol–water partition coefficient (Wildman–Crippen LogP) is 4.33. The number of benzene rings is 2. The third-order valence-corrected chi connectivity index (χ3v) is 3.94. The maximum atomic E-state index is 4.91. The topological polar surface area (TPSA) is 28.5 Å².